The maximum absolute atomic E-state index is 13.4. The Morgan fingerprint density at radius 2 is 1.35 bits per heavy atom. The summed E-state index contributed by atoms with van der Waals surface area (Å²) in [5, 5.41) is 23.2. The lowest BCUT2D eigenvalue weighted by Crippen LogP contribution is -2.22. The highest BCUT2D eigenvalue weighted by Gasteiger charge is 2.34. The van der Waals surface area contributed by atoms with Gasteiger partial charge in [-0.2, -0.15) is 0 Å². The first-order valence-electron chi connectivity index (χ1n) is 10.5. The van der Waals surface area contributed by atoms with Crippen LogP contribution in [0.1, 0.15) is 64.9 Å². The van der Waals surface area contributed by atoms with E-state index >= 15 is 0 Å². The minimum atomic E-state index is -0.353. The fourth-order valence-corrected chi connectivity index (χ4v) is 4.66. The minimum Gasteiger partial charge on any atom is -0.507 e. The molecule has 0 saturated heterocycles. The lowest BCUT2D eigenvalue weighted by atomic mass is 9.72. The molecule has 0 saturated carbocycles. The zero-order valence-corrected chi connectivity index (χ0v) is 17.8. The average Bonchev–Trinajstić information content (AvgIpc) is 2.76. The number of hydrogen-bond acceptors (Lipinski definition) is 3. The summed E-state index contributed by atoms with van der Waals surface area (Å²) in [5.74, 6) is -0.107. The fourth-order valence-electron chi connectivity index (χ4n) is 4.66. The summed E-state index contributed by atoms with van der Waals surface area (Å²) in [4.78, 5) is 13.4. The van der Waals surface area contributed by atoms with Crippen molar-refractivity contribution < 1.29 is 15.0 Å². The first-order chi connectivity index (χ1) is 14.8. The zero-order valence-electron chi connectivity index (χ0n) is 17.8. The van der Waals surface area contributed by atoms with E-state index in [9.17, 15) is 15.0 Å². The Kier molecular flexibility index (Phi) is 4.19. The van der Waals surface area contributed by atoms with Crippen LogP contribution in [0.15, 0.2) is 72.8 Å². The first-order valence-corrected chi connectivity index (χ1v) is 10.5. The second kappa shape index (κ2) is 6.71. The van der Waals surface area contributed by atoms with Gasteiger partial charge in [0.25, 0.3) is 0 Å². The summed E-state index contributed by atoms with van der Waals surface area (Å²) < 4.78 is 0. The van der Waals surface area contributed by atoms with Gasteiger partial charge >= 0.3 is 0 Å². The van der Waals surface area contributed by atoms with E-state index in [1.807, 2.05) is 48.5 Å². The van der Waals surface area contributed by atoms with Crippen molar-refractivity contribution in [1.29, 1.82) is 0 Å². The number of rotatable bonds is 1. The molecule has 1 aliphatic carbocycles. The third-order valence-corrected chi connectivity index (χ3v) is 6.33. The number of benzene rings is 4. The molecule has 0 radical (unpaired) electrons. The van der Waals surface area contributed by atoms with Gasteiger partial charge in [0.15, 0.2) is 5.78 Å². The van der Waals surface area contributed by atoms with Gasteiger partial charge in [0.2, 0.25) is 0 Å². The number of phenols is 2. The lowest BCUT2D eigenvalue weighted by molar-refractivity contribution is 0.103. The van der Waals surface area contributed by atoms with Crippen LogP contribution >= 0.6 is 0 Å². The quantitative estimate of drug-likeness (QED) is 0.321. The molecule has 0 spiro atoms. The molecule has 4 aromatic carbocycles. The van der Waals surface area contributed by atoms with Crippen LogP contribution in [-0.2, 0) is 5.41 Å². The molecular formula is C28H24O3. The van der Waals surface area contributed by atoms with Crippen LogP contribution in [0.25, 0.3) is 10.8 Å². The van der Waals surface area contributed by atoms with Gasteiger partial charge in [-0.15, -0.1) is 0 Å². The zero-order chi connectivity index (χ0) is 21.9. The Hall–Kier alpha value is -3.59. The SMILES string of the molecule is CC(C)(C)c1ccc2c(c1)C(=O)c1ccccc1C2c1cc(O)c2ccccc2c1O. The first kappa shape index (κ1) is 19.4. The van der Waals surface area contributed by atoms with E-state index in [4.69, 9.17) is 0 Å². The van der Waals surface area contributed by atoms with E-state index in [-0.39, 0.29) is 28.6 Å². The number of ketones is 1. The van der Waals surface area contributed by atoms with E-state index in [1.165, 1.54) is 0 Å². The summed E-state index contributed by atoms with van der Waals surface area (Å²) in [6.07, 6.45) is 0. The molecule has 0 aliphatic heterocycles. The third-order valence-electron chi connectivity index (χ3n) is 6.33. The molecule has 1 atom stereocenters. The Balaban J connectivity index is 1.83. The van der Waals surface area contributed by atoms with Gasteiger partial charge in [-0.3, -0.25) is 4.79 Å². The second-order valence-corrected chi connectivity index (χ2v) is 9.28. The monoisotopic (exact) mass is 408 g/mol. The predicted molar refractivity (Wildman–Crippen MR) is 123 cm³/mol. The van der Waals surface area contributed by atoms with Gasteiger partial charge in [0, 0.05) is 33.4 Å². The number of phenolic OH excluding ortho intramolecular Hbond substituents is 2. The number of carbonyl (C=O) groups excluding carboxylic acids is 1. The number of aromatic hydroxyl groups is 2. The molecule has 1 unspecified atom stereocenters. The summed E-state index contributed by atoms with van der Waals surface area (Å²) in [6, 6.07) is 22.5. The molecule has 3 heteroatoms. The van der Waals surface area contributed by atoms with Crippen LogP contribution in [0.3, 0.4) is 0 Å². The van der Waals surface area contributed by atoms with Crippen LogP contribution in [-0.4, -0.2) is 16.0 Å². The summed E-state index contributed by atoms with van der Waals surface area (Å²) in [5.41, 5.74) is 4.58. The summed E-state index contributed by atoms with van der Waals surface area (Å²) in [7, 11) is 0. The van der Waals surface area contributed by atoms with Gasteiger partial charge in [-0.1, -0.05) is 81.4 Å². The van der Waals surface area contributed by atoms with Gasteiger partial charge < -0.3 is 10.2 Å². The van der Waals surface area contributed by atoms with Crippen molar-refractivity contribution in [2.45, 2.75) is 32.1 Å². The Morgan fingerprint density at radius 3 is 2.10 bits per heavy atom. The summed E-state index contributed by atoms with van der Waals surface area (Å²) >= 11 is 0. The molecule has 154 valence electrons. The highest BCUT2D eigenvalue weighted by molar-refractivity contribution is 6.13. The molecule has 1 aliphatic rings. The molecule has 0 fully saturated rings. The highest BCUT2D eigenvalue weighted by atomic mass is 16.3. The van der Waals surface area contributed by atoms with E-state index in [0.29, 0.717) is 27.5 Å². The van der Waals surface area contributed by atoms with E-state index in [0.717, 1.165) is 16.7 Å². The van der Waals surface area contributed by atoms with Crippen LogP contribution < -0.4 is 0 Å². The van der Waals surface area contributed by atoms with Crippen molar-refractivity contribution in [3.63, 3.8) is 0 Å². The smallest absolute Gasteiger partial charge is 0.193 e. The van der Waals surface area contributed by atoms with E-state index < -0.39 is 0 Å². The summed E-state index contributed by atoms with van der Waals surface area (Å²) in [6.45, 7) is 6.38. The predicted octanol–water partition coefficient (Wildman–Crippen LogP) is 6.27. The Bertz CT molecular complexity index is 1360. The lowest BCUT2D eigenvalue weighted by Gasteiger charge is -2.30. The number of carbonyl (C=O) groups is 1. The molecule has 2 N–H and O–H groups in total. The molecule has 0 bridgehead atoms. The van der Waals surface area contributed by atoms with E-state index in [2.05, 4.69) is 26.8 Å². The molecule has 0 amide bonds. The molecule has 4 aromatic rings. The maximum atomic E-state index is 13.4. The van der Waals surface area contributed by atoms with Crippen LogP contribution in [0.5, 0.6) is 11.5 Å². The van der Waals surface area contributed by atoms with Crippen LogP contribution in [0.4, 0.5) is 0 Å². The highest BCUT2D eigenvalue weighted by Crippen LogP contribution is 2.48. The van der Waals surface area contributed by atoms with Crippen molar-refractivity contribution in [3.8, 4) is 11.5 Å². The fraction of sp³-hybridized carbons (Fsp3) is 0.179. The van der Waals surface area contributed by atoms with Crippen molar-refractivity contribution in [1.82, 2.24) is 0 Å². The normalized spacial score (nSPS) is 15.6. The molecular weight excluding hydrogens is 384 g/mol. The molecule has 3 nitrogen and oxygen atoms in total. The number of fused-ring (bicyclic) bond motifs is 3. The van der Waals surface area contributed by atoms with Crippen molar-refractivity contribution in [2.75, 3.05) is 0 Å². The van der Waals surface area contributed by atoms with Gasteiger partial charge in [0.1, 0.15) is 11.5 Å². The third kappa shape index (κ3) is 2.92. The molecule has 5 rings (SSSR count). The van der Waals surface area contributed by atoms with E-state index in [1.54, 1.807) is 18.2 Å². The van der Waals surface area contributed by atoms with Crippen molar-refractivity contribution >= 4 is 16.6 Å². The Labute approximate surface area is 181 Å². The van der Waals surface area contributed by atoms with Gasteiger partial charge in [0.05, 0.1) is 0 Å². The molecule has 0 heterocycles. The maximum Gasteiger partial charge on any atom is 0.193 e. The van der Waals surface area contributed by atoms with Crippen molar-refractivity contribution in [2.24, 2.45) is 0 Å². The topological polar surface area (TPSA) is 57.5 Å². The van der Waals surface area contributed by atoms with Crippen LogP contribution in [0, 0.1) is 0 Å². The van der Waals surface area contributed by atoms with Gasteiger partial charge in [-0.05, 0) is 34.2 Å². The molecule has 31 heavy (non-hydrogen) atoms. The largest absolute Gasteiger partial charge is 0.507 e. The Morgan fingerprint density at radius 1 is 0.710 bits per heavy atom. The van der Waals surface area contributed by atoms with Gasteiger partial charge in [-0.25, -0.2) is 0 Å². The van der Waals surface area contributed by atoms with Crippen LogP contribution in [0.2, 0.25) is 0 Å². The second-order valence-electron chi connectivity index (χ2n) is 9.28. The average molecular weight is 408 g/mol. The standard InChI is InChI=1S/C28H24O3/c1-28(2,3)16-12-13-19-22(14-16)26(30)21-11-7-5-9-18(21)25(19)23-15-24(29)17-8-4-6-10-20(17)27(23)31/h4-15,25,29,31H,1-3H3. The minimum absolute atomic E-state index is 0.00236. The molecule has 0 aromatic heterocycles. The van der Waals surface area contributed by atoms with Crippen molar-refractivity contribution in [3.05, 3.63) is 106 Å². The number of hydrogen-bond donors (Lipinski definition) is 2.